The van der Waals surface area contributed by atoms with Gasteiger partial charge in [-0.05, 0) is 49.6 Å². The molecular formula is C19H21FN2O. The number of aryl methyl sites for hydroxylation is 2. The number of hydrogen-bond donors (Lipinski definition) is 1. The fourth-order valence-electron chi connectivity index (χ4n) is 2.93. The van der Waals surface area contributed by atoms with Crippen molar-refractivity contribution in [3.8, 4) is 0 Å². The van der Waals surface area contributed by atoms with Crippen LogP contribution in [-0.4, -0.2) is 11.9 Å². The second kappa shape index (κ2) is 6.03. The van der Waals surface area contributed by atoms with Gasteiger partial charge in [0.25, 0.3) is 0 Å². The van der Waals surface area contributed by atoms with Crippen LogP contribution >= 0.6 is 0 Å². The first-order valence-corrected chi connectivity index (χ1v) is 7.93. The van der Waals surface area contributed by atoms with Crippen molar-refractivity contribution in [3.05, 3.63) is 58.9 Å². The predicted octanol–water partition coefficient (Wildman–Crippen LogP) is 4.18. The molecule has 1 unspecified atom stereocenters. The monoisotopic (exact) mass is 312 g/mol. The minimum Gasteiger partial charge on any atom is -0.372 e. The summed E-state index contributed by atoms with van der Waals surface area (Å²) in [6.07, 6.45) is 0.693. The molecule has 120 valence electrons. The summed E-state index contributed by atoms with van der Waals surface area (Å²) in [5.74, 6) is -0.288. The maximum atomic E-state index is 14.0. The molecule has 0 fully saturated rings. The van der Waals surface area contributed by atoms with Gasteiger partial charge in [0.1, 0.15) is 11.9 Å². The standard InChI is InChI=1S/C19H21FN2O/c1-4-16-19(23)22(11-14-7-5-6-8-15(14)20)18-10-13(3)12(2)9-17(18)21-16/h5-10,16,21H,4,11H2,1-3H3. The maximum absolute atomic E-state index is 14.0. The van der Waals surface area contributed by atoms with E-state index in [4.69, 9.17) is 0 Å². The quantitative estimate of drug-likeness (QED) is 0.922. The number of carbonyl (C=O) groups excluding carboxylic acids is 1. The lowest BCUT2D eigenvalue weighted by molar-refractivity contribution is -0.119. The molecule has 3 rings (SSSR count). The van der Waals surface area contributed by atoms with Crippen molar-refractivity contribution in [1.82, 2.24) is 0 Å². The third-order valence-corrected chi connectivity index (χ3v) is 4.49. The highest BCUT2D eigenvalue weighted by Gasteiger charge is 2.32. The van der Waals surface area contributed by atoms with E-state index in [1.54, 1.807) is 23.1 Å². The molecule has 0 spiro atoms. The summed E-state index contributed by atoms with van der Waals surface area (Å²) in [4.78, 5) is 14.5. The molecule has 2 aromatic rings. The van der Waals surface area contributed by atoms with E-state index in [0.29, 0.717) is 12.0 Å². The molecule has 0 aliphatic carbocycles. The van der Waals surface area contributed by atoms with Crippen molar-refractivity contribution in [2.75, 3.05) is 10.2 Å². The molecular weight excluding hydrogens is 291 g/mol. The summed E-state index contributed by atoms with van der Waals surface area (Å²) in [5.41, 5.74) is 4.59. The number of fused-ring (bicyclic) bond motifs is 1. The zero-order valence-electron chi connectivity index (χ0n) is 13.7. The van der Waals surface area contributed by atoms with E-state index in [2.05, 4.69) is 18.3 Å². The Morgan fingerprint density at radius 3 is 2.57 bits per heavy atom. The largest absolute Gasteiger partial charge is 0.372 e. The topological polar surface area (TPSA) is 32.3 Å². The molecule has 0 aromatic heterocycles. The first-order chi connectivity index (χ1) is 11.0. The summed E-state index contributed by atoms with van der Waals surface area (Å²) in [7, 11) is 0. The summed E-state index contributed by atoms with van der Waals surface area (Å²) in [6, 6.07) is 10.4. The zero-order chi connectivity index (χ0) is 16.6. The van der Waals surface area contributed by atoms with Crippen LogP contribution < -0.4 is 10.2 Å². The highest BCUT2D eigenvalue weighted by molar-refractivity contribution is 6.05. The Bertz CT molecular complexity index is 757. The van der Waals surface area contributed by atoms with E-state index in [-0.39, 0.29) is 24.3 Å². The van der Waals surface area contributed by atoms with Gasteiger partial charge in [-0.3, -0.25) is 4.79 Å². The lowest BCUT2D eigenvalue weighted by Gasteiger charge is -2.35. The summed E-state index contributed by atoms with van der Waals surface area (Å²) >= 11 is 0. The van der Waals surface area contributed by atoms with E-state index < -0.39 is 0 Å². The molecule has 1 aliphatic heterocycles. The van der Waals surface area contributed by atoms with Crippen LogP contribution in [0.4, 0.5) is 15.8 Å². The zero-order valence-corrected chi connectivity index (χ0v) is 13.7. The highest BCUT2D eigenvalue weighted by atomic mass is 19.1. The Kier molecular flexibility index (Phi) is 4.07. The number of nitrogens with one attached hydrogen (secondary N) is 1. The van der Waals surface area contributed by atoms with Crippen LogP contribution in [0.5, 0.6) is 0 Å². The van der Waals surface area contributed by atoms with Crippen LogP contribution in [0.3, 0.4) is 0 Å². The van der Waals surface area contributed by atoms with Gasteiger partial charge >= 0.3 is 0 Å². The Labute approximate surface area is 136 Å². The lowest BCUT2D eigenvalue weighted by atomic mass is 10.0. The van der Waals surface area contributed by atoms with Gasteiger partial charge in [0, 0.05) is 5.56 Å². The number of nitrogens with zero attached hydrogens (tertiary/aromatic N) is 1. The molecule has 23 heavy (non-hydrogen) atoms. The molecule has 3 nitrogen and oxygen atoms in total. The molecule has 0 saturated heterocycles. The van der Waals surface area contributed by atoms with Gasteiger partial charge in [-0.1, -0.05) is 25.1 Å². The second-order valence-electron chi connectivity index (χ2n) is 6.07. The third kappa shape index (κ3) is 2.81. The number of anilines is 2. The first-order valence-electron chi connectivity index (χ1n) is 7.93. The molecule has 1 atom stereocenters. The maximum Gasteiger partial charge on any atom is 0.249 e. The number of hydrogen-bond acceptors (Lipinski definition) is 2. The minimum absolute atomic E-state index is 0.00786. The second-order valence-corrected chi connectivity index (χ2v) is 6.07. The van der Waals surface area contributed by atoms with Crippen LogP contribution in [-0.2, 0) is 11.3 Å². The van der Waals surface area contributed by atoms with Crippen molar-refractivity contribution in [2.45, 2.75) is 39.8 Å². The van der Waals surface area contributed by atoms with Crippen LogP contribution in [0.2, 0.25) is 0 Å². The van der Waals surface area contributed by atoms with Gasteiger partial charge in [-0.25, -0.2) is 4.39 Å². The summed E-state index contributed by atoms with van der Waals surface area (Å²) in [5, 5.41) is 3.31. The van der Waals surface area contributed by atoms with Crippen LogP contribution in [0.25, 0.3) is 0 Å². The van der Waals surface area contributed by atoms with Crippen molar-refractivity contribution < 1.29 is 9.18 Å². The fourth-order valence-corrected chi connectivity index (χ4v) is 2.93. The van der Waals surface area contributed by atoms with Crippen LogP contribution in [0, 0.1) is 19.7 Å². The normalized spacial score (nSPS) is 17.0. The number of halogens is 1. The van der Waals surface area contributed by atoms with Crippen molar-refractivity contribution >= 4 is 17.3 Å². The average Bonchev–Trinajstić information content (AvgIpc) is 2.53. The highest BCUT2D eigenvalue weighted by Crippen LogP contribution is 2.35. The molecule has 1 N–H and O–H groups in total. The van der Waals surface area contributed by atoms with Crippen molar-refractivity contribution in [3.63, 3.8) is 0 Å². The molecule has 0 saturated carbocycles. The van der Waals surface area contributed by atoms with Crippen molar-refractivity contribution in [1.29, 1.82) is 0 Å². The SMILES string of the molecule is CCC1Nc2cc(C)c(C)cc2N(Cc2ccccc2F)C1=O. The number of amides is 1. The van der Waals surface area contributed by atoms with E-state index in [1.807, 2.05) is 19.9 Å². The molecule has 2 aromatic carbocycles. The lowest BCUT2D eigenvalue weighted by Crippen LogP contribution is -2.46. The molecule has 0 radical (unpaired) electrons. The van der Waals surface area contributed by atoms with Crippen LogP contribution in [0.15, 0.2) is 36.4 Å². The van der Waals surface area contributed by atoms with E-state index in [1.165, 1.54) is 11.6 Å². The molecule has 4 heteroatoms. The fraction of sp³-hybridized carbons (Fsp3) is 0.316. The van der Waals surface area contributed by atoms with Crippen LogP contribution in [0.1, 0.15) is 30.0 Å². The summed E-state index contributed by atoms with van der Waals surface area (Å²) in [6.45, 7) is 6.30. The predicted molar refractivity (Wildman–Crippen MR) is 91.2 cm³/mol. The van der Waals surface area contributed by atoms with Gasteiger partial charge in [-0.15, -0.1) is 0 Å². The Balaban J connectivity index is 2.06. The Hall–Kier alpha value is -2.36. The average molecular weight is 312 g/mol. The van der Waals surface area contributed by atoms with Gasteiger partial charge in [0.15, 0.2) is 0 Å². The number of benzene rings is 2. The van der Waals surface area contributed by atoms with Gasteiger partial charge in [-0.2, -0.15) is 0 Å². The molecule has 1 heterocycles. The van der Waals surface area contributed by atoms with Crippen molar-refractivity contribution in [2.24, 2.45) is 0 Å². The molecule has 1 aliphatic rings. The third-order valence-electron chi connectivity index (χ3n) is 4.49. The Morgan fingerprint density at radius 1 is 1.17 bits per heavy atom. The molecule has 1 amide bonds. The minimum atomic E-state index is -0.280. The van der Waals surface area contributed by atoms with Gasteiger partial charge in [0.05, 0.1) is 17.9 Å². The van der Waals surface area contributed by atoms with Gasteiger partial charge in [0.2, 0.25) is 5.91 Å². The number of rotatable bonds is 3. The van der Waals surface area contributed by atoms with Gasteiger partial charge < -0.3 is 10.2 Å². The number of carbonyl (C=O) groups is 1. The smallest absolute Gasteiger partial charge is 0.249 e. The van der Waals surface area contributed by atoms with E-state index in [9.17, 15) is 9.18 Å². The Morgan fingerprint density at radius 2 is 1.87 bits per heavy atom. The molecule has 0 bridgehead atoms. The van der Waals surface area contributed by atoms with E-state index in [0.717, 1.165) is 16.9 Å². The first kappa shape index (κ1) is 15.5. The summed E-state index contributed by atoms with van der Waals surface area (Å²) < 4.78 is 14.0. The van der Waals surface area contributed by atoms with E-state index >= 15 is 0 Å².